The lowest BCUT2D eigenvalue weighted by Crippen LogP contribution is -2.66. The van der Waals surface area contributed by atoms with E-state index in [0.717, 1.165) is 34.4 Å². The standard InChI is InChI=1S/C45H50N2O5Si/c1-5-26-47-43(49)36-28-33(29-52-53(45(2,3)4,34-17-8-6-9-18-34)35-19-10-7-11-20-35)41-37(42(36)44(47)50)30-51-40(41)24-23-31(38-21-14-15-25-46-38)27-32-16-12-13-22-39(32)48/h6-22,25,27,36-37,40,42,48H,5,23-24,26,28-30H2,1-4H3/b31-27-/t36-,37+,40-,42-/m1/s1. The van der Waals surface area contributed by atoms with E-state index in [9.17, 15) is 14.7 Å². The number of allylic oxidation sites excluding steroid dienone is 1. The van der Waals surface area contributed by atoms with E-state index in [1.54, 1.807) is 12.3 Å². The molecule has 7 nitrogen and oxygen atoms in total. The van der Waals surface area contributed by atoms with E-state index in [0.29, 0.717) is 39.0 Å². The van der Waals surface area contributed by atoms with Crippen LogP contribution in [-0.4, -0.2) is 61.0 Å². The second-order valence-corrected chi connectivity index (χ2v) is 19.9. The van der Waals surface area contributed by atoms with Crippen LogP contribution in [-0.2, 0) is 18.8 Å². The Labute approximate surface area is 314 Å². The molecule has 0 spiro atoms. The summed E-state index contributed by atoms with van der Waals surface area (Å²) in [5.41, 5.74) is 4.77. The Kier molecular flexibility index (Phi) is 10.7. The van der Waals surface area contributed by atoms with Crippen LogP contribution in [0.25, 0.3) is 11.6 Å². The molecule has 0 unspecified atom stereocenters. The van der Waals surface area contributed by atoms with Crippen molar-refractivity contribution < 1.29 is 23.9 Å². The lowest BCUT2D eigenvalue weighted by atomic mass is 9.69. The highest BCUT2D eigenvalue weighted by atomic mass is 28.4. The number of aromatic nitrogens is 1. The van der Waals surface area contributed by atoms with Gasteiger partial charge in [-0.2, -0.15) is 0 Å². The van der Waals surface area contributed by atoms with Gasteiger partial charge in [0, 0.05) is 24.2 Å². The summed E-state index contributed by atoms with van der Waals surface area (Å²) < 4.78 is 14.2. The molecule has 1 N–H and O–H groups in total. The minimum absolute atomic E-state index is 0.0599. The van der Waals surface area contributed by atoms with Gasteiger partial charge < -0.3 is 14.3 Å². The zero-order valence-corrected chi connectivity index (χ0v) is 32.2. The van der Waals surface area contributed by atoms with Gasteiger partial charge in [0.15, 0.2) is 0 Å². The summed E-state index contributed by atoms with van der Waals surface area (Å²) in [6.45, 7) is 10.0. The molecule has 2 amide bonds. The Balaban J connectivity index is 1.28. The zero-order chi connectivity index (χ0) is 37.2. The second kappa shape index (κ2) is 15.4. The molecule has 0 radical (unpaired) electrons. The van der Waals surface area contributed by atoms with Gasteiger partial charge in [0.25, 0.3) is 8.32 Å². The van der Waals surface area contributed by atoms with E-state index in [-0.39, 0.29) is 34.6 Å². The summed E-state index contributed by atoms with van der Waals surface area (Å²) >= 11 is 0. The molecular weight excluding hydrogens is 677 g/mol. The van der Waals surface area contributed by atoms with E-state index in [2.05, 4.69) is 74.3 Å². The van der Waals surface area contributed by atoms with Crippen molar-refractivity contribution in [3.63, 3.8) is 0 Å². The number of para-hydroxylation sites is 1. The molecule has 4 atom stereocenters. The summed E-state index contributed by atoms with van der Waals surface area (Å²) in [7, 11) is -2.90. The first-order chi connectivity index (χ1) is 25.6. The van der Waals surface area contributed by atoms with Crippen molar-refractivity contribution in [2.75, 3.05) is 19.8 Å². The molecule has 2 aliphatic heterocycles. The van der Waals surface area contributed by atoms with Crippen LogP contribution in [0.4, 0.5) is 0 Å². The number of ether oxygens (including phenoxy) is 1. The van der Waals surface area contributed by atoms with Gasteiger partial charge in [0.1, 0.15) is 5.75 Å². The van der Waals surface area contributed by atoms with E-state index in [4.69, 9.17) is 9.16 Å². The Hall–Kier alpha value is -4.63. The predicted molar refractivity (Wildman–Crippen MR) is 212 cm³/mol. The summed E-state index contributed by atoms with van der Waals surface area (Å²) in [5.74, 6) is -0.923. The van der Waals surface area contributed by atoms with Gasteiger partial charge in [-0.1, -0.05) is 113 Å². The van der Waals surface area contributed by atoms with Crippen LogP contribution in [0.2, 0.25) is 5.04 Å². The SMILES string of the molecule is CCCN1C(=O)[C@@H]2[C@@H](CC(CO[Si](c3ccccc3)(c3ccccc3)C(C)(C)C)=C3[C@@H](CC/C(=C/c4ccccc4O)c4ccccn4)OC[C@@H]32)C1=O. The van der Waals surface area contributed by atoms with Crippen LogP contribution in [0.15, 0.2) is 120 Å². The molecule has 1 aromatic heterocycles. The number of hydrogen-bond donors (Lipinski definition) is 1. The molecule has 4 aromatic rings. The van der Waals surface area contributed by atoms with Gasteiger partial charge in [-0.15, -0.1) is 0 Å². The number of aromatic hydroxyl groups is 1. The molecule has 3 aliphatic rings. The summed E-state index contributed by atoms with van der Waals surface area (Å²) in [4.78, 5) is 34.0. The summed E-state index contributed by atoms with van der Waals surface area (Å²) in [6.07, 6.45) is 6.04. The van der Waals surface area contributed by atoms with Gasteiger partial charge in [0.2, 0.25) is 11.8 Å². The van der Waals surface area contributed by atoms with Crippen molar-refractivity contribution in [1.82, 2.24) is 9.88 Å². The van der Waals surface area contributed by atoms with Gasteiger partial charge in [-0.25, -0.2) is 0 Å². The zero-order valence-electron chi connectivity index (χ0n) is 31.2. The molecule has 2 fully saturated rings. The highest BCUT2D eigenvalue weighted by molar-refractivity contribution is 6.99. The van der Waals surface area contributed by atoms with E-state index < -0.39 is 20.2 Å². The third kappa shape index (κ3) is 6.96. The number of carbonyl (C=O) groups is 2. The molecule has 8 heteroatoms. The molecule has 2 saturated heterocycles. The van der Waals surface area contributed by atoms with E-state index in [1.165, 1.54) is 15.3 Å². The first-order valence-electron chi connectivity index (χ1n) is 19.0. The normalized spacial score (nSPS) is 22.0. The maximum Gasteiger partial charge on any atom is 0.261 e. The van der Waals surface area contributed by atoms with Crippen LogP contribution in [0.5, 0.6) is 5.75 Å². The fourth-order valence-electron chi connectivity index (χ4n) is 8.98. The molecule has 3 aromatic carbocycles. The molecule has 7 rings (SSSR count). The van der Waals surface area contributed by atoms with Crippen LogP contribution in [0.3, 0.4) is 0 Å². The molecule has 3 heterocycles. The maximum absolute atomic E-state index is 14.0. The minimum Gasteiger partial charge on any atom is -0.507 e. The third-order valence-electron chi connectivity index (χ3n) is 11.4. The van der Waals surface area contributed by atoms with Crippen LogP contribution in [0, 0.1) is 17.8 Å². The first kappa shape index (κ1) is 36.7. The smallest absolute Gasteiger partial charge is 0.261 e. The number of imide groups is 1. The number of nitrogens with zero attached hydrogens (tertiary/aromatic N) is 2. The highest BCUT2D eigenvalue weighted by Crippen LogP contribution is 2.50. The largest absolute Gasteiger partial charge is 0.507 e. The number of likely N-dealkylation sites (tertiary alicyclic amines) is 1. The Morgan fingerprint density at radius 2 is 1.57 bits per heavy atom. The number of fused-ring (bicyclic) bond motifs is 3. The number of phenols is 1. The first-order valence-corrected chi connectivity index (χ1v) is 20.9. The molecule has 53 heavy (non-hydrogen) atoms. The molecule has 0 saturated carbocycles. The van der Waals surface area contributed by atoms with Crippen molar-refractivity contribution >= 4 is 42.2 Å². The van der Waals surface area contributed by atoms with Crippen molar-refractivity contribution in [3.05, 3.63) is 132 Å². The average molecular weight is 727 g/mol. The lowest BCUT2D eigenvalue weighted by Gasteiger charge is -2.44. The monoisotopic (exact) mass is 726 g/mol. The fraction of sp³-hybridized carbons (Fsp3) is 0.356. The molecule has 0 bridgehead atoms. The molecular formula is C45H50N2O5Si. The number of benzene rings is 3. The van der Waals surface area contributed by atoms with Crippen LogP contribution in [0.1, 0.15) is 64.6 Å². The third-order valence-corrected chi connectivity index (χ3v) is 16.3. The van der Waals surface area contributed by atoms with E-state index in [1.807, 2.05) is 61.5 Å². The highest BCUT2D eigenvalue weighted by Gasteiger charge is 2.57. The van der Waals surface area contributed by atoms with Crippen molar-refractivity contribution in [3.8, 4) is 5.75 Å². The number of hydrogen-bond acceptors (Lipinski definition) is 6. The minimum atomic E-state index is -2.90. The van der Waals surface area contributed by atoms with Gasteiger partial charge in [-0.3, -0.25) is 19.5 Å². The second-order valence-electron chi connectivity index (χ2n) is 15.6. The van der Waals surface area contributed by atoms with Crippen LogP contribution >= 0.6 is 0 Å². The van der Waals surface area contributed by atoms with Crippen molar-refractivity contribution in [2.45, 2.75) is 64.5 Å². The fourth-order valence-corrected chi connectivity index (χ4v) is 13.5. The number of phenolic OH excluding ortho intramolecular Hbond substituents is 1. The quantitative estimate of drug-likeness (QED) is 0.0930. The Morgan fingerprint density at radius 1 is 0.906 bits per heavy atom. The topological polar surface area (TPSA) is 89.0 Å². The molecule has 274 valence electrons. The number of carbonyl (C=O) groups excluding carboxylic acids is 2. The van der Waals surface area contributed by atoms with E-state index >= 15 is 0 Å². The van der Waals surface area contributed by atoms with Crippen LogP contribution < -0.4 is 10.4 Å². The number of amides is 2. The van der Waals surface area contributed by atoms with Gasteiger partial charge >= 0.3 is 0 Å². The summed E-state index contributed by atoms with van der Waals surface area (Å²) in [6, 6.07) is 34.4. The lowest BCUT2D eigenvalue weighted by molar-refractivity contribution is -0.140. The van der Waals surface area contributed by atoms with Gasteiger partial charge in [-0.05, 0) is 82.1 Å². The summed E-state index contributed by atoms with van der Waals surface area (Å²) in [5, 5.41) is 12.8. The maximum atomic E-state index is 14.0. The van der Waals surface area contributed by atoms with Gasteiger partial charge in [0.05, 0.1) is 36.8 Å². The molecule has 1 aliphatic carbocycles. The average Bonchev–Trinajstić information content (AvgIpc) is 3.69. The van der Waals surface area contributed by atoms with Crippen molar-refractivity contribution in [2.24, 2.45) is 17.8 Å². The number of pyridine rings is 1. The Bertz CT molecular complexity index is 1950. The van der Waals surface area contributed by atoms with Crippen molar-refractivity contribution in [1.29, 1.82) is 0 Å². The predicted octanol–water partition coefficient (Wildman–Crippen LogP) is 7.41. The Morgan fingerprint density at radius 3 is 2.19 bits per heavy atom. The number of rotatable bonds is 12.